The van der Waals surface area contributed by atoms with E-state index in [0.717, 1.165) is 17.7 Å². The lowest BCUT2D eigenvalue weighted by atomic mass is 10.2. The number of hydrogen-bond donors (Lipinski definition) is 1. The third kappa shape index (κ3) is 3.56. The number of halogens is 2. The summed E-state index contributed by atoms with van der Waals surface area (Å²) in [4.78, 5) is 0. The monoisotopic (exact) mass is 274 g/mol. The zero-order valence-corrected chi connectivity index (χ0v) is 10.6. The zero-order valence-electron chi connectivity index (χ0n) is 10.6. The molecule has 1 N–H and O–H groups in total. The molecule has 0 amide bonds. The first-order valence-electron chi connectivity index (χ1n) is 5.96. The van der Waals surface area contributed by atoms with Gasteiger partial charge >= 0.3 is 0 Å². The van der Waals surface area contributed by atoms with Gasteiger partial charge < -0.3 is 9.84 Å². The molecule has 2 aromatic carbocycles. The highest BCUT2D eigenvalue weighted by Gasteiger charge is 2.11. The molecule has 0 spiro atoms. The van der Waals surface area contributed by atoms with E-state index < -0.39 is 24.0 Å². The standard InChI is InChI=1S/C16H12F2O2/c17-14-9-13(11-19)10-15(18)16(14)20-8-4-7-12-5-2-1-3-6-12/h1-3,5-6,9-10,19H,8,11H2. The summed E-state index contributed by atoms with van der Waals surface area (Å²) >= 11 is 0. The lowest BCUT2D eigenvalue weighted by Gasteiger charge is -2.06. The minimum atomic E-state index is -0.851. The normalized spacial score (nSPS) is 9.75. The van der Waals surface area contributed by atoms with Crippen molar-refractivity contribution in [2.24, 2.45) is 0 Å². The fourth-order valence-electron chi connectivity index (χ4n) is 1.61. The summed E-state index contributed by atoms with van der Waals surface area (Å²) in [6.45, 7) is -0.552. The van der Waals surface area contributed by atoms with Gasteiger partial charge in [0.25, 0.3) is 0 Å². The van der Waals surface area contributed by atoms with Gasteiger partial charge in [0, 0.05) is 5.56 Å². The molecular formula is C16H12F2O2. The summed E-state index contributed by atoms with van der Waals surface area (Å²) < 4.78 is 32.0. The van der Waals surface area contributed by atoms with Crippen LogP contribution in [0, 0.1) is 23.5 Å². The molecule has 0 aliphatic rings. The van der Waals surface area contributed by atoms with Crippen molar-refractivity contribution in [1.82, 2.24) is 0 Å². The second-order valence-electron chi connectivity index (χ2n) is 4.00. The molecule has 102 valence electrons. The summed E-state index contributed by atoms with van der Waals surface area (Å²) in [5.41, 5.74) is 0.954. The number of ether oxygens (including phenoxy) is 1. The fourth-order valence-corrected chi connectivity index (χ4v) is 1.61. The number of rotatable bonds is 3. The highest BCUT2D eigenvalue weighted by Crippen LogP contribution is 2.23. The molecule has 0 aliphatic carbocycles. The summed E-state index contributed by atoms with van der Waals surface area (Å²) in [6, 6.07) is 11.3. The van der Waals surface area contributed by atoms with E-state index in [2.05, 4.69) is 11.8 Å². The Hall–Kier alpha value is -2.38. The molecule has 0 aliphatic heterocycles. The van der Waals surface area contributed by atoms with Crippen LogP contribution in [0.1, 0.15) is 11.1 Å². The summed E-state index contributed by atoms with van der Waals surface area (Å²) in [6.07, 6.45) is 0. The molecule has 20 heavy (non-hydrogen) atoms. The van der Waals surface area contributed by atoms with Crippen molar-refractivity contribution in [3.63, 3.8) is 0 Å². The van der Waals surface area contributed by atoms with Crippen LogP contribution in [0.5, 0.6) is 5.75 Å². The fraction of sp³-hybridized carbons (Fsp3) is 0.125. The van der Waals surface area contributed by atoms with E-state index in [1.807, 2.05) is 30.3 Å². The molecule has 2 nitrogen and oxygen atoms in total. The Morgan fingerprint density at radius 1 is 1.05 bits per heavy atom. The molecule has 0 radical (unpaired) electrons. The predicted molar refractivity (Wildman–Crippen MR) is 71.1 cm³/mol. The van der Waals surface area contributed by atoms with Crippen molar-refractivity contribution in [2.75, 3.05) is 6.61 Å². The second-order valence-corrected chi connectivity index (χ2v) is 4.00. The maximum atomic E-state index is 13.5. The van der Waals surface area contributed by atoms with Crippen LogP contribution in [0.3, 0.4) is 0 Å². The Bertz CT molecular complexity index is 620. The van der Waals surface area contributed by atoms with E-state index in [-0.39, 0.29) is 12.2 Å². The van der Waals surface area contributed by atoms with Crippen molar-refractivity contribution in [2.45, 2.75) is 6.61 Å². The van der Waals surface area contributed by atoms with Gasteiger partial charge in [-0.05, 0) is 29.8 Å². The molecule has 0 atom stereocenters. The molecule has 0 unspecified atom stereocenters. The van der Waals surface area contributed by atoms with Crippen LogP contribution in [0.2, 0.25) is 0 Å². The largest absolute Gasteiger partial charge is 0.475 e. The third-order valence-corrected chi connectivity index (χ3v) is 2.54. The van der Waals surface area contributed by atoms with Crippen molar-refractivity contribution in [1.29, 1.82) is 0 Å². The predicted octanol–water partition coefficient (Wildman–Crippen LogP) is 2.89. The van der Waals surface area contributed by atoms with Crippen LogP contribution in [0.25, 0.3) is 0 Å². The van der Waals surface area contributed by atoms with Gasteiger partial charge in [-0.1, -0.05) is 30.0 Å². The van der Waals surface area contributed by atoms with E-state index in [9.17, 15) is 8.78 Å². The SMILES string of the molecule is OCc1cc(F)c(OCC#Cc2ccccc2)c(F)c1. The number of hydrogen-bond acceptors (Lipinski definition) is 2. The van der Waals surface area contributed by atoms with Crippen LogP contribution in [0.4, 0.5) is 8.78 Å². The molecule has 0 aromatic heterocycles. The van der Waals surface area contributed by atoms with Crippen LogP contribution < -0.4 is 4.74 Å². The molecular weight excluding hydrogens is 262 g/mol. The molecule has 2 aromatic rings. The quantitative estimate of drug-likeness (QED) is 0.872. The number of benzene rings is 2. The van der Waals surface area contributed by atoms with Crippen molar-refractivity contribution >= 4 is 0 Å². The lowest BCUT2D eigenvalue weighted by Crippen LogP contribution is -2.01. The molecule has 0 saturated heterocycles. The van der Waals surface area contributed by atoms with Gasteiger partial charge in [-0.25, -0.2) is 8.78 Å². The summed E-state index contributed by atoms with van der Waals surface area (Å²) in [5, 5.41) is 8.82. The van der Waals surface area contributed by atoms with Crippen LogP contribution in [0.15, 0.2) is 42.5 Å². The van der Waals surface area contributed by atoms with E-state index in [1.54, 1.807) is 0 Å². The van der Waals surface area contributed by atoms with Gasteiger partial charge in [0.2, 0.25) is 0 Å². The first-order valence-corrected chi connectivity index (χ1v) is 5.96. The maximum absolute atomic E-state index is 13.5. The van der Waals surface area contributed by atoms with Gasteiger partial charge in [0.15, 0.2) is 17.4 Å². The maximum Gasteiger partial charge on any atom is 0.192 e. The highest BCUT2D eigenvalue weighted by molar-refractivity contribution is 5.34. The molecule has 0 heterocycles. The van der Waals surface area contributed by atoms with Crippen LogP contribution in [-0.2, 0) is 6.61 Å². The summed E-state index contributed by atoms with van der Waals surface area (Å²) in [5.74, 6) is 3.31. The molecule has 4 heteroatoms. The summed E-state index contributed by atoms with van der Waals surface area (Å²) in [7, 11) is 0. The van der Waals surface area contributed by atoms with Crippen LogP contribution in [-0.4, -0.2) is 11.7 Å². The molecule has 2 rings (SSSR count). The van der Waals surface area contributed by atoms with Gasteiger partial charge in [0.05, 0.1) is 6.61 Å². The number of aliphatic hydroxyl groups is 1. The Balaban J connectivity index is 2.03. The zero-order chi connectivity index (χ0) is 14.4. The Kier molecular flexibility index (Phi) is 4.70. The lowest BCUT2D eigenvalue weighted by molar-refractivity contribution is 0.278. The van der Waals surface area contributed by atoms with Gasteiger partial charge in [-0.2, -0.15) is 0 Å². The molecule has 0 bridgehead atoms. The van der Waals surface area contributed by atoms with Gasteiger partial charge in [-0.3, -0.25) is 0 Å². The third-order valence-electron chi connectivity index (χ3n) is 2.54. The van der Waals surface area contributed by atoms with Crippen molar-refractivity contribution in [3.8, 4) is 17.6 Å². The van der Waals surface area contributed by atoms with E-state index in [1.165, 1.54) is 0 Å². The molecule has 0 fully saturated rings. The molecule has 0 saturated carbocycles. The van der Waals surface area contributed by atoms with Gasteiger partial charge in [-0.15, -0.1) is 0 Å². The smallest absolute Gasteiger partial charge is 0.192 e. The Morgan fingerprint density at radius 2 is 1.70 bits per heavy atom. The minimum Gasteiger partial charge on any atom is -0.475 e. The Labute approximate surface area is 115 Å². The first kappa shape index (κ1) is 14.0. The highest BCUT2D eigenvalue weighted by atomic mass is 19.1. The average molecular weight is 274 g/mol. The van der Waals surface area contributed by atoms with E-state index in [4.69, 9.17) is 9.84 Å². The number of aliphatic hydroxyl groups excluding tert-OH is 1. The van der Waals surface area contributed by atoms with Crippen molar-refractivity contribution in [3.05, 3.63) is 65.2 Å². The van der Waals surface area contributed by atoms with E-state index in [0.29, 0.717) is 0 Å². The first-order chi connectivity index (χ1) is 9.70. The van der Waals surface area contributed by atoms with E-state index >= 15 is 0 Å². The minimum absolute atomic E-state index is 0.124. The Morgan fingerprint density at radius 3 is 2.30 bits per heavy atom. The average Bonchev–Trinajstić information content (AvgIpc) is 2.46. The van der Waals surface area contributed by atoms with Crippen molar-refractivity contribution < 1.29 is 18.6 Å². The topological polar surface area (TPSA) is 29.5 Å². The second kappa shape index (κ2) is 6.69. The van der Waals surface area contributed by atoms with Gasteiger partial charge in [0.1, 0.15) is 6.61 Å². The van der Waals surface area contributed by atoms with Crippen LogP contribution >= 0.6 is 0 Å².